The fourth-order valence-corrected chi connectivity index (χ4v) is 2.14. The molecule has 0 unspecified atom stereocenters. The van der Waals surface area contributed by atoms with Gasteiger partial charge in [-0.05, 0) is 18.8 Å². The van der Waals surface area contributed by atoms with Crippen LogP contribution in [-0.2, 0) is 14.3 Å². The third-order valence-electron chi connectivity index (χ3n) is 2.98. The van der Waals surface area contributed by atoms with E-state index in [-0.39, 0.29) is 5.97 Å². The molecule has 0 aromatic carbocycles. The summed E-state index contributed by atoms with van der Waals surface area (Å²) in [7, 11) is 0. The lowest BCUT2D eigenvalue weighted by Gasteiger charge is -2.20. The molecule has 0 amide bonds. The van der Waals surface area contributed by atoms with Gasteiger partial charge in [0.2, 0.25) is 0 Å². The third-order valence-corrected chi connectivity index (χ3v) is 2.98. The number of carbonyl (C=O) groups excluding carboxylic acids is 1. The van der Waals surface area contributed by atoms with Gasteiger partial charge in [0.15, 0.2) is 0 Å². The fraction of sp³-hybridized carbons (Fsp3) is 0.714. The first-order valence-corrected chi connectivity index (χ1v) is 6.56. The molecule has 0 spiro atoms. The van der Waals surface area contributed by atoms with Crippen molar-refractivity contribution in [1.29, 1.82) is 0 Å². The maximum atomic E-state index is 10.2. The van der Waals surface area contributed by atoms with Crippen LogP contribution in [0.2, 0.25) is 0 Å². The maximum absolute atomic E-state index is 10.2. The highest BCUT2D eigenvalue weighted by Crippen LogP contribution is 2.27. The molecule has 0 aromatic rings. The van der Waals surface area contributed by atoms with E-state index in [1.54, 1.807) is 0 Å². The molecule has 0 aliphatic heterocycles. The predicted molar refractivity (Wildman–Crippen MR) is 70.0 cm³/mol. The summed E-state index contributed by atoms with van der Waals surface area (Å²) in [6.07, 6.45) is 10.2. The van der Waals surface area contributed by atoms with E-state index in [1.807, 2.05) is 0 Å². The number of carbonyl (C=O) groups is 2. The van der Waals surface area contributed by atoms with E-state index < -0.39 is 5.97 Å². The van der Waals surface area contributed by atoms with Crippen molar-refractivity contribution < 1.29 is 19.4 Å². The molecule has 1 rings (SSSR count). The highest BCUT2D eigenvalue weighted by molar-refractivity contribution is 5.66. The van der Waals surface area contributed by atoms with Crippen molar-refractivity contribution in [2.75, 3.05) is 0 Å². The lowest BCUT2D eigenvalue weighted by atomic mass is 9.86. The van der Waals surface area contributed by atoms with Crippen molar-refractivity contribution in [3.63, 3.8) is 0 Å². The number of ether oxygens (including phenoxy) is 1. The molecule has 1 aliphatic rings. The Kier molecular flexibility index (Phi) is 10.0. The highest BCUT2D eigenvalue weighted by atomic mass is 16.5. The third kappa shape index (κ3) is 11.2. The van der Waals surface area contributed by atoms with Gasteiger partial charge in [-0.3, -0.25) is 9.59 Å². The first-order valence-electron chi connectivity index (χ1n) is 6.56. The van der Waals surface area contributed by atoms with Crippen molar-refractivity contribution in [2.45, 2.75) is 58.3 Å². The van der Waals surface area contributed by atoms with E-state index in [9.17, 15) is 9.59 Å². The van der Waals surface area contributed by atoms with Crippen LogP contribution >= 0.6 is 0 Å². The van der Waals surface area contributed by atoms with E-state index >= 15 is 0 Å². The van der Waals surface area contributed by atoms with Crippen LogP contribution in [0.15, 0.2) is 12.8 Å². The Hall–Kier alpha value is -1.32. The molecule has 1 saturated carbocycles. The molecular formula is C14H24O4. The van der Waals surface area contributed by atoms with E-state index in [0.29, 0.717) is 6.42 Å². The van der Waals surface area contributed by atoms with Gasteiger partial charge in [0, 0.05) is 13.3 Å². The summed E-state index contributed by atoms with van der Waals surface area (Å²) in [4.78, 5) is 20.0. The summed E-state index contributed by atoms with van der Waals surface area (Å²) < 4.78 is 4.17. The second kappa shape index (κ2) is 10.8. The van der Waals surface area contributed by atoms with Crippen LogP contribution in [0.1, 0.15) is 58.3 Å². The van der Waals surface area contributed by atoms with Crippen molar-refractivity contribution in [2.24, 2.45) is 5.92 Å². The van der Waals surface area contributed by atoms with E-state index in [0.717, 1.165) is 25.0 Å². The molecule has 104 valence electrons. The molecule has 0 heterocycles. The standard InChI is InChI=1S/C10H18O2.C4H6O2/c11-10(12)8-4-7-9-5-2-1-3-6-9;1-3-6-4(2)5/h9H,1-8H2,(H,11,12);3H,1H2,2H3. The SMILES string of the molecule is C=COC(C)=O.O=C(O)CCCC1CCCCC1. The summed E-state index contributed by atoms with van der Waals surface area (Å²) >= 11 is 0. The van der Waals surface area contributed by atoms with Crippen LogP contribution in [0.3, 0.4) is 0 Å². The zero-order valence-corrected chi connectivity index (χ0v) is 11.2. The predicted octanol–water partition coefficient (Wildman–Crippen LogP) is 3.51. The molecule has 4 heteroatoms. The number of aliphatic carboxylic acids is 1. The zero-order valence-electron chi connectivity index (χ0n) is 11.2. The van der Waals surface area contributed by atoms with Crippen molar-refractivity contribution in [3.05, 3.63) is 12.8 Å². The lowest BCUT2D eigenvalue weighted by molar-refractivity contribution is -0.137. The smallest absolute Gasteiger partial charge is 0.307 e. The van der Waals surface area contributed by atoms with Crippen molar-refractivity contribution in [3.8, 4) is 0 Å². The van der Waals surface area contributed by atoms with Crippen LogP contribution in [0, 0.1) is 5.92 Å². The Labute approximate surface area is 109 Å². The average Bonchev–Trinajstić information content (AvgIpc) is 2.30. The van der Waals surface area contributed by atoms with Crippen molar-refractivity contribution in [1.82, 2.24) is 0 Å². The highest BCUT2D eigenvalue weighted by Gasteiger charge is 2.12. The molecule has 1 N–H and O–H groups in total. The number of carboxylic acid groups (broad SMARTS) is 1. The molecule has 18 heavy (non-hydrogen) atoms. The van der Waals surface area contributed by atoms with Gasteiger partial charge in [0.25, 0.3) is 0 Å². The number of hydrogen-bond donors (Lipinski definition) is 1. The summed E-state index contributed by atoms with van der Waals surface area (Å²) in [5, 5.41) is 8.44. The van der Waals surface area contributed by atoms with E-state index in [4.69, 9.17) is 5.11 Å². The quantitative estimate of drug-likeness (QED) is 0.604. The monoisotopic (exact) mass is 256 g/mol. The lowest BCUT2D eigenvalue weighted by Crippen LogP contribution is -2.06. The number of esters is 1. The van der Waals surface area contributed by atoms with Gasteiger partial charge in [0.05, 0.1) is 6.26 Å². The van der Waals surface area contributed by atoms with E-state index in [1.165, 1.54) is 39.0 Å². The average molecular weight is 256 g/mol. The van der Waals surface area contributed by atoms with Crippen LogP contribution < -0.4 is 0 Å². The summed E-state index contributed by atoms with van der Waals surface area (Å²) in [5.74, 6) is -0.145. The molecule has 0 radical (unpaired) electrons. The van der Waals surface area contributed by atoms with Gasteiger partial charge >= 0.3 is 11.9 Å². The van der Waals surface area contributed by atoms with Crippen LogP contribution in [-0.4, -0.2) is 17.0 Å². The molecule has 0 bridgehead atoms. The van der Waals surface area contributed by atoms with E-state index in [2.05, 4.69) is 11.3 Å². The maximum Gasteiger partial charge on any atom is 0.307 e. The Balaban J connectivity index is 0.000000411. The van der Waals surface area contributed by atoms with Gasteiger partial charge in [-0.25, -0.2) is 0 Å². The van der Waals surface area contributed by atoms with Crippen LogP contribution in [0.5, 0.6) is 0 Å². The molecular weight excluding hydrogens is 232 g/mol. The molecule has 0 saturated heterocycles. The molecule has 0 atom stereocenters. The first-order chi connectivity index (χ1) is 8.56. The van der Waals surface area contributed by atoms with Gasteiger partial charge in [-0.1, -0.05) is 38.7 Å². The van der Waals surface area contributed by atoms with Crippen LogP contribution in [0.25, 0.3) is 0 Å². The second-order valence-electron chi connectivity index (χ2n) is 4.57. The fourth-order valence-electron chi connectivity index (χ4n) is 2.14. The van der Waals surface area contributed by atoms with Crippen LogP contribution in [0.4, 0.5) is 0 Å². The zero-order chi connectivity index (χ0) is 13.8. The molecule has 1 aliphatic carbocycles. The minimum Gasteiger partial charge on any atom is -0.481 e. The topological polar surface area (TPSA) is 63.6 Å². The van der Waals surface area contributed by atoms with Gasteiger partial charge in [-0.2, -0.15) is 0 Å². The largest absolute Gasteiger partial charge is 0.481 e. The first kappa shape index (κ1) is 16.7. The minimum atomic E-state index is -0.647. The van der Waals surface area contributed by atoms with Gasteiger partial charge < -0.3 is 9.84 Å². The molecule has 1 fully saturated rings. The van der Waals surface area contributed by atoms with Crippen molar-refractivity contribution >= 4 is 11.9 Å². The summed E-state index contributed by atoms with van der Waals surface area (Å²) in [6.45, 7) is 4.48. The molecule has 4 nitrogen and oxygen atoms in total. The Morgan fingerprint density at radius 1 is 1.33 bits per heavy atom. The van der Waals surface area contributed by atoms with Gasteiger partial charge in [-0.15, -0.1) is 0 Å². The number of carboxylic acids is 1. The van der Waals surface area contributed by atoms with Gasteiger partial charge in [0.1, 0.15) is 0 Å². The summed E-state index contributed by atoms with van der Waals surface area (Å²) in [5.41, 5.74) is 0. The Morgan fingerprint density at radius 2 is 1.94 bits per heavy atom. The summed E-state index contributed by atoms with van der Waals surface area (Å²) in [6, 6.07) is 0. The minimum absolute atomic E-state index is 0.329. The number of hydrogen-bond acceptors (Lipinski definition) is 3. The normalized spacial score (nSPS) is 15.2. The number of rotatable bonds is 5. The second-order valence-corrected chi connectivity index (χ2v) is 4.57. The molecule has 0 aromatic heterocycles. The Morgan fingerprint density at radius 3 is 2.33 bits per heavy atom. The Bertz CT molecular complexity index is 255.